The van der Waals surface area contributed by atoms with Gasteiger partial charge in [0.05, 0.1) is 6.54 Å². The van der Waals surface area contributed by atoms with Gasteiger partial charge in [-0.05, 0) is 55.1 Å². The molecule has 31 heavy (non-hydrogen) atoms. The molecule has 1 aliphatic rings. The van der Waals surface area contributed by atoms with E-state index in [-0.39, 0.29) is 29.8 Å². The van der Waals surface area contributed by atoms with E-state index >= 15 is 0 Å². The Bertz CT molecular complexity index is 812. The van der Waals surface area contributed by atoms with E-state index in [4.69, 9.17) is 4.99 Å². The summed E-state index contributed by atoms with van der Waals surface area (Å²) in [5.74, 6) is 2.69. The Morgan fingerprint density at radius 2 is 1.81 bits per heavy atom. The highest BCUT2D eigenvalue weighted by molar-refractivity contribution is 14.0. The van der Waals surface area contributed by atoms with Crippen LogP contribution < -0.4 is 20.4 Å². The van der Waals surface area contributed by atoms with E-state index in [1.54, 1.807) is 0 Å². The van der Waals surface area contributed by atoms with E-state index in [1.165, 1.54) is 12.1 Å². The standard InChI is InChI=1S/C22H31FN6S.HI/c1-3-24-22(26-10-15-30-2)27-17-18-8-9-25-21(16-18)29-13-11-28(12-14-29)20-6-4-19(23)5-7-20;/h4-9,16H,3,10-15,17H2,1-2H3,(H2,24,26,27);1H. The first-order chi connectivity index (χ1) is 14.7. The minimum absolute atomic E-state index is 0. The number of thioether (sulfide) groups is 1. The van der Waals surface area contributed by atoms with E-state index in [0.717, 1.165) is 68.0 Å². The lowest BCUT2D eigenvalue weighted by atomic mass is 10.2. The summed E-state index contributed by atoms with van der Waals surface area (Å²) in [6.45, 7) is 7.96. The summed E-state index contributed by atoms with van der Waals surface area (Å²) in [7, 11) is 0. The highest BCUT2D eigenvalue weighted by atomic mass is 127. The lowest BCUT2D eigenvalue weighted by Crippen LogP contribution is -2.46. The van der Waals surface area contributed by atoms with Crippen molar-refractivity contribution in [3.8, 4) is 0 Å². The van der Waals surface area contributed by atoms with Crippen molar-refractivity contribution in [2.45, 2.75) is 13.5 Å². The SMILES string of the molecule is CCNC(=NCc1ccnc(N2CCN(c3ccc(F)cc3)CC2)c1)NCCSC.I. The van der Waals surface area contributed by atoms with Crippen LogP contribution in [0.4, 0.5) is 15.9 Å². The zero-order valence-corrected chi connectivity index (χ0v) is 21.3. The lowest BCUT2D eigenvalue weighted by Gasteiger charge is -2.36. The second-order valence-electron chi connectivity index (χ2n) is 7.09. The van der Waals surface area contributed by atoms with Crippen LogP contribution in [0.15, 0.2) is 47.6 Å². The zero-order valence-electron chi connectivity index (χ0n) is 18.2. The average molecular weight is 559 g/mol. The number of pyridine rings is 1. The summed E-state index contributed by atoms with van der Waals surface area (Å²) in [6.07, 6.45) is 3.96. The number of nitrogens with one attached hydrogen (secondary N) is 2. The van der Waals surface area contributed by atoms with Gasteiger partial charge in [0, 0.05) is 56.9 Å². The number of guanidine groups is 1. The molecule has 3 rings (SSSR count). The first-order valence-corrected chi connectivity index (χ1v) is 11.8. The quantitative estimate of drug-likeness (QED) is 0.224. The number of nitrogens with zero attached hydrogens (tertiary/aromatic N) is 4. The van der Waals surface area contributed by atoms with Gasteiger partial charge in [0.2, 0.25) is 0 Å². The Labute approximate surface area is 206 Å². The minimum atomic E-state index is -0.196. The molecule has 0 aliphatic carbocycles. The van der Waals surface area contributed by atoms with Crippen molar-refractivity contribution in [1.29, 1.82) is 0 Å². The van der Waals surface area contributed by atoms with Gasteiger partial charge in [-0.2, -0.15) is 11.8 Å². The molecular formula is C22H32FIN6S. The highest BCUT2D eigenvalue weighted by Gasteiger charge is 2.18. The second kappa shape index (κ2) is 13.6. The molecule has 2 heterocycles. The largest absolute Gasteiger partial charge is 0.368 e. The molecular weight excluding hydrogens is 526 g/mol. The Kier molecular flexibility index (Phi) is 11.2. The predicted octanol–water partition coefficient (Wildman–Crippen LogP) is 3.58. The number of anilines is 2. The Balaban J connectivity index is 0.00000341. The smallest absolute Gasteiger partial charge is 0.191 e. The molecule has 6 nitrogen and oxygen atoms in total. The van der Waals surface area contributed by atoms with E-state index in [0.29, 0.717) is 6.54 Å². The number of halogens is 2. The summed E-state index contributed by atoms with van der Waals surface area (Å²) in [4.78, 5) is 13.9. The number of aromatic nitrogens is 1. The number of piperazine rings is 1. The third-order valence-electron chi connectivity index (χ3n) is 4.97. The van der Waals surface area contributed by atoms with Crippen LogP contribution in [0.3, 0.4) is 0 Å². The number of aliphatic imine (C=N–C) groups is 1. The van der Waals surface area contributed by atoms with Gasteiger partial charge < -0.3 is 20.4 Å². The molecule has 9 heteroatoms. The van der Waals surface area contributed by atoms with Crippen LogP contribution in [0, 0.1) is 5.82 Å². The molecule has 0 spiro atoms. The Morgan fingerprint density at radius 3 is 2.48 bits per heavy atom. The third-order valence-corrected chi connectivity index (χ3v) is 5.58. The van der Waals surface area contributed by atoms with Crippen molar-refractivity contribution < 1.29 is 4.39 Å². The van der Waals surface area contributed by atoms with Gasteiger partial charge in [0.25, 0.3) is 0 Å². The van der Waals surface area contributed by atoms with Crippen molar-refractivity contribution in [3.63, 3.8) is 0 Å². The lowest BCUT2D eigenvalue weighted by molar-refractivity contribution is 0.624. The van der Waals surface area contributed by atoms with Gasteiger partial charge in [0.15, 0.2) is 5.96 Å². The van der Waals surface area contributed by atoms with Crippen molar-refractivity contribution in [1.82, 2.24) is 15.6 Å². The van der Waals surface area contributed by atoms with E-state index in [2.05, 4.69) is 44.7 Å². The number of hydrogen-bond donors (Lipinski definition) is 2. The normalized spacial score (nSPS) is 14.2. The third kappa shape index (κ3) is 8.03. The van der Waals surface area contributed by atoms with Crippen LogP contribution in [-0.2, 0) is 6.54 Å². The van der Waals surface area contributed by atoms with E-state index in [1.807, 2.05) is 36.2 Å². The number of benzene rings is 1. The zero-order chi connectivity index (χ0) is 21.2. The molecule has 0 atom stereocenters. The van der Waals surface area contributed by atoms with Crippen molar-refractivity contribution in [2.75, 3.05) is 61.1 Å². The van der Waals surface area contributed by atoms with Gasteiger partial charge >= 0.3 is 0 Å². The van der Waals surface area contributed by atoms with Gasteiger partial charge in [-0.3, -0.25) is 0 Å². The van der Waals surface area contributed by atoms with Crippen LogP contribution in [0.25, 0.3) is 0 Å². The average Bonchev–Trinajstić information content (AvgIpc) is 2.78. The fourth-order valence-electron chi connectivity index (χ4n) is 3.36. The maximum absolute atomic E-state index is 13.2. The monoisotopic (exact) mass is 558 g/mol. The summed E-state index contributed by atoms with van der Waals surface area (Å²) in [5, 5.41) is 6.64. The van der Waals surface area contributed by atoms with Gasteiger partial charge in [-0.15, -0.1) is 24.0 Å². The summed E-state index contributed by atoms with van der Waals surface area (Å²) in [5.41, 5.74) is 2.21. The fourth-order valence-corrected chi connectivity index (χ4v) is 3.67. The Morgan fingerprint density at radius 1 is 1.10 bits per heavy atom. The molecule has 0 unspecified atom stereocenters. The first kappa shape index (κ1) is 25.5. The van der Waals surface area contributed by atoms with Gasteiger partial charge in [0.1, 0.15) is 11.6 Å². The molecule has 0 bridgehead atoms. The predicted molar refractivity (Wildman–Crippen MR) is 142 cm³/mol. The maximum Gasteiger partial charge on any atom is 0.191 e. The molecule has 0 saturated carbocycles. The van der Waals surface area contributed by atoms with Crippen molar-refractivity contribution in [3.05, 3.63) is 54.0 Å². The van der Waals surface area contributed by atoms with Crippen molar-refractivity contribution in [2.24, 2.45) is 4.99 Å². The van der Waals surface area contributed by atoms with Crippen LogP contribution in [-0.4, -0.2) is 62.2 Å². The molecule has 0 radical (unpaired) electrons. The van der Waals surface area contributed by atoms with Crippen LogP contribution >= 0.6 is 35.7 Å². The van der Waals surface area contributed by atoms with Gasteiger partial charge in [-0.1, -0.05) is 0 Å². The number of hydrogen-bond acceptors (Lipinski definition) is 5. The molecule has 1 aromatic heterocycles. The van der Waals surface area contributed by atoms with Crippen molar-refractivity contribution >= 4 is 53.2 Å². The fraction of sp³-hybridized carbons (Fsp3) is 0.455. The second-order valence-corrected chi connectivity index (χ2v) is 8.07. The molecule has 1 aliphatic heterocycles. The molecule has 1 saturated heterocycles. The molecule has 0 amide bonds. The van der Waals surface area contributed by atoms with Crippen LogP contribution in [0.1, 0.15) is 12.5 Å². The Hall–Kier alpha value is -1.75. The minimum Gasteiger partial charge on any atom is -0.368 e. The van der Waals surface area contributed by atoms with Crippen LogP contribution in [0.5, 0.6) is 0 Å². The first-order valence-electron chi connectivity index (χ1n) is 10.4. The molecule has 2 N–H and O–H groups in total. The summed E-state index contributed by atoms with van der Waals surface area (Å²) >= 11 is 1.81. The molecule has 2 aromatic rings. The highest BCUT2D eigenvalue weighted by Crippen LogP contribution is 2.20. The van der Waals surface area contributed by atoms with Crippen LogP contribution in [0.2, 0.25) is 0 Å². The summed E-state index contributed by atoms with van der Waals surface area (Å²) < 4.78 is 13.2. The van der Waals surface area contributed by atoms with E-state index < -0.39 is 0 Å². The molecule has 170 valence electrons. The van der Waals surface area contributed by atoms with Gasteiger partial charge in [-0.25, -0.2) is 14.4 Å². The maximum atomic E-state index is 13.2. The van der Waals surface area contributed by atoms with E-state index in [9.17, 15) is 4.39 Å². The summed E-state index contributed by atoms with van der Waals surface area (Å²) in [6, 6.07) is 10.9. The number of rotatable bonds is 8. The topological polar surface area (TPSA) is 55.8 Å². The molecule has 1 aromatic carbocycles. The molecule has 1 fully saturated rings.